The first-order chi connectivity index (χ1) is 9.97. The molecule has 114 valence electrons. The summed E-state index contributed by atoms with van der Waals surface area (Å²) in [6.45, 7) is 5.86. The zero-order valence-electron chi connectivity index (χ0n) is 12.7. The highest BCUT2D eigenvalue weighted by Gasteiger charge is 2.29. The average Bonchev–Trinajstić information content (AvgIpc) is 2.99. The van der Waals surface area contributed by atoms with Crippen LogP contribution in [-0.4, -0.2) is 55.1 Å². The summed E-state index contributed by atoms with van der Waals surface area (Å²) in [6, 6.07) is 2.55. The van der Waals surface area contributed by atoms with Crippen LogP contribution >= 0.6 is 22.7 Å². The summed E-state index contributed by atoms with van der Waals surface area (Å²) >= 11 is 3.14. The molecule has 21 heavy (non-hydrogen) atoms. The molecule has 0 aliphatic carbocycles. The van der Waals surface area contributed by atoms with Crippen LogP contribution in [0.2, 0.25) is 0 Å². The molecule has 1 N–H and O–H groups in total. The second-order valence-corrected chi connectivity index (χ2v) is 7.69. The van der Waals surface area contributed by atoms with E-state index >= 15 is 0 Å². The third-order valence-corrected chi connectivity index (χ3v) is 6.28. The molecule has 1 aliphatic heterocycles. The Morgan fingerprint density at radius 1 is 1.43 bits per heavy atom. The summed E-state index contributed by atoms with van der Waals surface area (Å²) in [6.07, 6.45) is 0. The van der Waals surface area contributed by atoms with E-state index in [0.29, 0.717) is 6.04 Å². The van der Waals surface area contributed by atoms with Gasteiger partial charge in [0.05, 0.1) is 9.58 Å². The number of carbonyl (C=O) groups is 1. The van der Waals surface area contributed by atoms with E-state index in [2.05, 4.69) is 24.1 Å². The molecular formula is C14H20N4OS2. The number of carbonyl (C=O) groups excluding carboxylic acids is 1. The van der Waals surface area contributed by atoms with E-state index in [1.54, 1.807) is 11.3 Å². The van der Waals surface area contributed by atoms with E-state index in [4.69, 9.17) is 0 Å². The van der Waals surface area contributed by atoms with Crippen molar-refractivity contribution in [2.75, 3.05) is 32.1 Å². The molecule has 2 unspecified atom stereocenters. The van der Waals surface area contributed by atoms with Gasteiger partial charge in [-0.15, -0.1) is 11.3 Å². The van der Waals surface area contributed by atoms with Gasteiger partial charge in [0.15, 0.2) is 5.13 Å². The molecule has 0 saturated carbocycles. The van der Waals surface area contributed by atoms with Gasteiger partial charge in [-0.1, -0.05) is 11.3 Å². The van der Waals surface area contributed by atoms with Gasteiger partial charge in [0.1, 0.15) is 4.83 Å². The zero-order valence-corrected chi connectivity index (χ0v) is 14.3. The fourth-order valence-electron chi connectivity index (χ4n) is 2.51. The molecule has 0 spiro atoms. The smallest absolute Gasteiger partial charge is 0.264 e. The quantitative estimate of drug-likeness (QED) is 0.920. The van der Waals surface area contributed by atoms with E-state index in [0.717, 1.165) is 32.6 Å². The SMILES string of the molecule is CC1NCCN(C(=O)c2cc3sc(N(C)C)nc3s2)C1C. The van der Waals surface area contributed by atoms with Gasteiger partial charge in [-0.3, -0.25) is 4.79 Å². The summed E-state index contributed by atoms with van der Waals surface area (Å²) < 4.78 is 1.10. The number of aromatic nitrogens is 1. The van der Waals surface area contributed by atoms with Crippen LogP contribution in [0.5, 0.6) is 0 Å². The summed E-state index contributed by atoms with van der Waals surface area (Å²) in [7, 11) is 3.97. The Kier molecular flexibility index (Phi) is 3.90. The van der Waals surface area contributed by atoms with E-state index in [1.165, 1.54) is 11.3 Å². The lowest BCUT2D eigenvalue weighted by atomic mass is 10.1. The number of fused-ring (bicyclic) bond motifs is 1. The molecule has 0 radical (unpaired) electrons. The molecule has 1 fully saturated rings. The molecule has 1 amide bonds. The van der Waals surface area contributed by atoms with Crippen molar-refractivity contribution >= 4 is 43.2 Å². The topological polar surface area (TPSA) is 48.5 Å². The van der Waals surface area contributed by atoms with Crippen molar-refractivity contribution in [1.82, 2.24) is 15.2 Å². The van der Waals surface area contributed by atoms with Crippen LogP contribution in [0.4, 0.5) is 5.13 Å². The van der Waals surface area contributed by atoms with E-state index in [1.807, 2.05) is 30.0 Å². The van der Waals surface area contributed by atoms with Crippen LogP contribution in [0, 0.1) is 0 Å². The largest absolute Gasteiger partial charge is 0.354 e. The van der Waals surface area contributed by atoms with Crippen molar-refractivity contribution in [2.24, 2.45) is 0 Å². The maximum Gasteiger partial charge on any atom is 0.264 e. The van der Waals surface area contributed by atoms with E-state index < -0.39 is 0 Å². The van der Waals surface area contributed by atoms with Gasteiger partial charge in [0.25, 0.3) is 5.91 Å². The fraction of sp³-hybridized carbons (Fsp3) is 0.571. The normalized spacial score (nSPS) is 22.8. The maximum atomic E-state index is 12.7. The van der Waals surface area contributed by atoms with Gasteiger partial charge in [-0.2, -0.15) is 0 Å². The van der Waals surface area contributed by atoms with Crippen molar-refractivity contribution in [1.29, 1.82) is 0 Å². The Morgan fingerprint density at radius 3 is 2.86 bits per heavy atom. The number of thiophene rings is 1. The van der Waals surface area contributed by atoms with Crippen molar-refractivity contribution in [3.05, 3.63) is 10.9 Å². The Bertz CT molecular complexity index is 632. The highest BCUT2D eigenvalue weighted by atomic mass is 32.1. The lowest BCUT2D eigenvalue weighted by Gasteiger charge is -2.38. The summed E-state index contributed by atoms with van der Waals surface area (Å²) in [5, 5.41) is 4.39. The number of hydrogen-bond acceptors (Lipinski definition) is 6. The highest BCUT2D eigenvalue weighted by molar-refractivity contribution is 7.29. The van der Waals surface area contributed by atoms with Crippen LogP contribution in [-0.2, 0) is 0 Å². The van der Waals surface area contributed by atoms with Crippen molar-refractivity contribution < 1.29 is 4.79 Å². The number of nitrogens with one attached hydrogen (secondary N) is 1. The Balaban J connectivity index is 1.86. The number of nitrogens with zero attached hydrogens (tertiary/aromatic N) is 3. The molecule has 5 nitrogen and oxygen atoms in total. The van der Waals surface area contributed by atoms with E-state index in [-0.39, 0.29) is 11.9 Å². The average molecular weight is 324 g/mol. The van der Waals surface area contributed by atoms with Crippen LogP contribution < -0.4 is 10.2 Å². The third-order valence-electron chi connectivity index (χ3n) is 3.97. The predicted molar refractivity (Wildman–Crippen MR) is 89.8 cm³/mol. The number of amides is 1. The first-order valence-electron chi connectivity index (χ1n) is 7.09. The molecule has 2 atom stereocenters. The van der Waals surface area contributed by atoms with Crippen LogP contribution in [0.15, 0.2) is 6.07 Å². The molecule has 7 heteroatoms. The molecule has 2 aromatic rings. The second-order valence-electron chi connectivity index (χ2n) is 5.65. The summed E-state index contributed by atoms with van der Waals surface area (Å²) in [4.78, 5) is 23.0. The van der Waals surface area contributed by atoms with Gasteiger partial charge >= 0.3 is 0 Å². The van der Waals surface area contributed by atoms with Crippen LogP contribution in [0.25, 0.3) is 9.53 Å². The predicted octanol–water partition coefficient (Wildman–Crippen LogP) is 2.25. The molecule has 0 aromatic carbocycles. The molecule has 3 heterocycles. The first-order valence-corrected chi connectivity index (χ1v) is 8.72. The number of anilines is 1. The van der Waals surface area contributed by atoms with Crippen LogP contribution in [0.1, 0.15) is 23.5 Å². The minimum Gasteiger partial charge on any atom is -0.354 e. The molecule has 3 rings (SSSR count). The van der Waals surface area contributed by atoms with Gasteiger partial charge < -0.3 is 15.1 Å². The van der Waals surface area contributed by atoms with Crippen molar-refractivity contribution in [3.8, 4) is 0 Å². The number of hydrogen-bond donors (Lipinski definition) is 1. The molecule has 2 aromatic heterocycles. The van der Waals surface area contributed by atoms with Crippen molar-refractivity contribution in [2.45, 2.75) is 25.9 Å². The zero-order chi connectivity index (χ0) is 15.1. The van der Waals surface area contributed by atoms with Crippen molar-refractivity contribution in [3.63, 3.8) is 0 Å². The number of thiazole rings is 1. The number of rotatable bonds is 2. The number of piperazine rings is 1. The third kappa shape index (κ3) is 2.65. The fourth-order valence-corrected chi connectivity index (χ4v) is 4.59. The van der Waals surface area contributed by atoms with Gasteiger partial charge in [0.2, 0.25) is 0 Å². The van der Waals surface area contributed by atoms with Gasteiger partial charge in [0, 0.05) is 39.3 Å². The summed E-state index contributed by atoms with van der Waals surface area (Å²) in [5.41, 5.74) is 0. The second kappa shape index (κ2) is 5.55. The maximum absolute atomic E-state index is 12.7. The Hall–Kier alpha value is -1.18. The van der Waals surface area contributed by atoms with Gasteiger partial charge in [-0.05, 0) is 19.9 Å². The Labute approximate surface area is 132 Å². The van der Waals surface area contributed by atoms with E-state index in [9.17, 15) is 4.79 Å². The lowest BCUT2D eigenvalue weighted by Crippen LogP contribution is -2.57. The highest BCUT2D eigenvalue weighted by Crippen LogP contribution is 2.34. The minimum absolute atomic E-state index is 0.137. The monoisotopic (exact) mass is 324 g/mol. The van der Waals surface area contributed by atoms with Gasteiger partial charge in [-0.25, -0.2) is 4.98 Å². The minimum atomic E-state index is 0.137. The molecular weight excluding hydrogens is 304 g/mol. The lowest BCUT2D eigenvalue weighted by molar-refractivity contribution is 0.0608. The summed E-state index contributed by atoms with van der Waals surface area (Å²) in [5.74, 6) is 0.137. The molecule has 1 saturated heterocycles. The Morgan fingerprint density at radius 2 is 2.19 bits per heavy atom. The first kappa shape index (κ1) is 14.7. The molecule has 1 aliphatic rings. The molecule has 0 bridgehead atoms. The van der Waals surface area contributed by atoms with Crippen LogP contribution in [0.3, 0.4) is 0 Å². The standard InChI is InChI=1S/C14H20N4OS2/c1-8-9(2)18(6-5-15-8)13(19)11-7-10-12(20-11)16-14(21-10)17(3)4/h7-9,15H,5-6H2,1-4H3.